The fraction of sp³-hybridized carbons (Fsp3) is 0.625. The predicted molar refractivity (Wildman–Crippen MR) is 78.3 cm³/mol. The molecular formula is C16H25FN2. The predicted octanol–water partition coefficient (Wildman–Crippen LogP) is 3.81. The first-order chi connectivity index (χ1) is 9.07. The molecule has 1 fully saturated rings. The van der Waals surface area contributed by atoms with Crippen molar-refractivity contribution in [1.82, 2.24) is 4.90 Å². The van der Waals surface area contributed by atoms with Gasteiger partial charge in [0.2, 0.25) is 0 Å². The third kappa shape index (κ3) is 3.47. The molecule has 2 N–H and O–H groups in total. The largest absolute Gasteiger partial charge is 0.399 e. The van der Waals surface area contributed by atoms with Gasteiger partial charge in [0.15, 0.2) is 0 Å². The zero-order valence-electron chi connectivity index (χ0n) is 12.1. The van der Waals surface area contributed by atoms with E-state index in [4.69, 9.17) is 5.73 Å². The fourth-order valence-electron chi connectivity index (χ4n) is 3.17. The number of rotatable bonds is 4. The summed E-state index contributed by atoms with van der Waals surface area (Å²) in [7, 11) is 0. The van der Waals surface area contributed by atoms with Gasteiger partial charge in [-0.05, 0) is 55.1 Å². The molecule has 0 amide bonds. The van der Waals surface area contributed by atoms with Gasteiger partial charge in [-0.25, -0.2) is 4.39 Å². The van der Waals surface area contributed by atoms with Crippen molar-refractivity contribution in [2.24, 2.45) is 5.41 Å². The van der Waals surface area contributed by atoms with Gasteiger partial charge < -0.3 is 5.73 Å². The molecule has 0 aromatic heterocycles. The molecule has 0 unspecified atom stereocenters. The lowest BCUT2D eigenvalue weighted by atomic mass is 9.74. The summed E-state index contributed by atoms with van der Waals surface area (Å²) in [6.07, 6.45) is 5.05. The highest BCUT2D eigenvalue weighted by Crippen LogP contribution is 2.38. The summed E-state index contributed by atoms with van der Waals surface area (Å²) in [5.74, 6) is -0.233. The van der Waals surface area contributed by atoms with E-state index in [1.54, 1.807) is 6.07 Å². The lowest BCUT2D eigenvalue weighted by molar-refractivity contribution is 0.0908. The normalized spacial score (nSPS) is 19.5. The minimum atomic E-state index is -0.233. The van der Waals surface area contributed by atoms with Gasteiger partial charge in [0.05, 0.1) is 0 Å². The number of anilines is 1. The zero-order valence-corrected chi connectivity index (χ0v) is 12.1. The molecule has 2 rings (SSSR count). The third-order valence-electron chi connectivity index (χ3n) is 4.80. The molecule has 0 atom stereocenters. The molecule has 106 valence electrons. The van der Waals surface area contributed by atoms with Crippen molar-refractivity contribution in [2.45, 2.75) is 46.1 Å². The highest BCUT2D eigenvalue weighted by atomic mass is 19.1. The number of hydrogen-bond acceptors (Lipinski definition) is 2. The second kappa shape index (κ2) is 5.91. The molecule has 1 aromatic rings. The standard InChI is InChI=1S/C16H25FN2/c1-3-16(4-2)5-7-19(8-6-16)12-13-9-14(17)11-15(18)10-13/h9-11H,3-8,12,18H2,1-2H3. The smallest absolute Gasteiger partial charge is 0.125 e. The van der Waals surface area contributed by atoms with Gasteiger partial charge in [-0.1, -0.05) is 26.7 Å². The fourth-order valence-corrected chi connectivity index (χ4v) is 3.17. The van der Waals surface area contributed by atoms with Gasteiger partial charge in [-0.3, -0.25) is 4.90 Å². The average molecular weight is 264 g/mol. The van der Waals surface area contributed by atoms with E-state index >= 15 is 0 Å². The van der Waals surface area contributed by atoms with Gasteiger partial charge in [0, 0.05) is 12.2 Å². The maximum Gasteiger partial charge on any atom is 0.125 e. The van der Waals surface area contributed by atoms with Crippen molar-refractivity contribution in [3.8, 4) is 0 Å². The lowest BCUT2D eigenvalue weighted by Crippen LogP contribution is -2.39. The molecule has 1 heterocycles. The maximum atomic E-state index is 13.3. The molecule has 1 aliphatic heterocycles. The van der Waals surface area contributed by atoms with E-state index < -0.39 is 0 Å². The Kier molecular flexibility index (Phi) is 4.46. The van der Waals surface area contributed by atoms with Crippen molar-refractivity contribution < 1.29 is 4.39 Å². The number of benzene rings is 1. The van der Waals surface area contributed by atoms with Crippen LogP contribution in [0.4, 0.5) is 10.1 Å². The third-order valence-corrected chi connectivity index (χ3v) is 4.80. The summed E-state index contributed by atoms with van der Waals surface area (Å²) in [5.41, 5.74) is 7.73. The van der Waals surface area contributed by atoms with E-state index in [-0.39, 0.29) is 5.82 Å². The van der Waals surface area contributed by atoms with Crippen LogP contribution in [0.3, 0.4) is 0 Å². The number of likely N-dealkylation sites (tertiary alicyclic amines) is 1. The van der Waals surface area contributed by atoms with Crippen LogP contribution >= 0.6 is 0 Å². The Morgan fingerprint density at radius 3 is 2.32 bits per heavy atom. The summed E-state index contributed by atoms with van der Waals surface area (Å²) in [4.78, 5) is 2.41. The summed E-state index contributed by atoms with van der Waals surface area (Å²) < 4.78 is 13.3. The van der Waals surface area contributed by atoms with Crippen LogP contribution in [-0.4, -0.2) is 18.0 Å². The van der Waals surface area contributed by atoms with Crippen LogP contribution in [0.15, 0.2) is 18.2 Å². The van der Waals surface area contributed by atoms with Gasteiger partial charge in [0.25, 0.3) is 0 Å². The maximum absolute atomic E-state index is 13.3. The SMILES string of the molecule is CCC1(CC)CCN(Cc2cc(N)cc(F)c2)CC1. The minimum Gasteiger partial charge on any atom is -0.399 e. The molecule has 1 aromatic carbocycles. The van der Waals surface area contributed by atoms with Crippen molar-refractivity contribution in [2.75, 3.05) is 18.8 Å². The first kappa shape index (κ1) is 14.3. The topological polar surface area (TPSA) is 29.3 Å². The van der Waals surface area contributed by atoms with Gasteiger partial charge in [-0.2, -0.15) is 0 Å². The molecule has 2 nitrogen and oxygen atoms in total. The molecule has 3 heteroatoms. The van der Waals surface area contributed by atoms with Crippen LogP contribution in [0.2, 0.25) is 0 Å². The Morgan fingerprint density at radius 2 is 1.79 bits per heavy atom. The second-order valence-electron chi connectivity index (χ2n) is 5.88. The molecule has 1 saturated heterocycles. The zero-order chi connectivity index (χ0) is 13.9. The van der Waals surface area contributed by atoms with Crippen LogP contribution < -0.4 is 5.73 Å². The number of piperidine rings is 1. The van der Waals surface area contributed by atoms with Crippen LogP contribution in [0, 0.1) is 11.2 Å². The Labute approximate surface area is 115 Å². The highest BCUT2D eigenvalue weighted by Gasteiger charge is 2.30. The summed E-state index contributed by atoms with van der Waals surface area (Å²) in [6.45, 7) is 7.63. The number of nitrogens with zero attached hydrogens (tertiary/aromatic N) is 1. The van der Waals surface area contributed by atoms with E-state index in [2.05, 4.69) is 18.7 Å². The molecule has 19 heavy (non-hydrogen) atoms. The van der Waals surface area contributed by atoms with Gasteiger partial charge in [-0.15, -0.1) is 0 Å². The van der Waals surface area contributed by atoms with Crippen molar-refractivity contribution in [3.63, 3.8) is 0 Å². The highest BCUT2D eigenvalue weighted by molar-refractivity contribution is 5.41. The number of hydrogen-bond donors (Lipinski definition) is 1. The minimum absolute atomic E-state index is 0.233. The second-order valence-corrected chi connectivity index (χ2v) is 5.88. The number of nitrogens with two attached hydrogens (primary N) is 1. The van der Waals surface area contributed by atoms with Crippen molar-refractivity contribution in [1.29, 1.82) is 0 Å². The first-order valence-corrected chi connectivity index (χ1v) is 7.34. The van der Waals surface area contributed by atoms with Gasteiger partial charge in [0.1, 0.15) is 5.82 Å². The van der Waals surface area contributed by atoms with Crippen LogP contribution in [0.5, 0.6) is 0 Å². The van der Waals surface area contributed by atoms with Gasteiger partial charge >= 0.3 is 0 Å². The average Bonchev–Trinajstić information content (AvgIpc) is 2.39. The van der Waals surface area contributed by atoms with Crippen LogP contribution in [0.1, 0.15) is 45.1 Å². The molecule has 0 bridgehead atoms. The number of halogens is 1. The van der Waals surface area contributed by atoms with E-state index in [0.717, 1.165) is 25.2 Å². The molecule has 0 spiro atoms. The number of nitrogen functional groups attached to an aromatic ring is 1. The summed E-state index contributed by atoms with van der Waals surface area (Å²) in [5, 5.41) is 0. The molecule has 1 aliphatic rings. The quantitative estimate of drug-likeness (QED) is 0.838. The molecule has 0 saturated carbocycles. The van der Waals surface area contributed by atoms with E-state index in [1.807, 2.05) is 6.07 Å². The Hall–Kier alpha value is -1.09. The lowest BCUT2D eigenvalue weighted by Gasteiger charge is -2.41. The van der Waals surface area contributed by atoms with Crippen LogP contribution in [-0.2, 0) is 6.54 Å². The van der Waals surface area contributed by atoms with Crippen molar-refractivity contribution in [3.05, 3.63) is 29.6 Å². The summed E-state index contributed by atoms with van der Waals surface area (Å²) >= 11 is 0. The van der Waals surface area contributed by atoms with E-state index in [9.17, 15) is 4.39 Å². The molecule has 0 radical (unpaired) electrons. The first-order valence-electron chi connectivity index (χ1n) is 7.34. The monoisotopic (exact) mass is 264 g/mol. The Bertz CT molecular complexity index is 397. The molecule has 0 aliphatic carbocycles. The van der Waals surface area contributed by atoms with E-state index in [1.165, 1.54) is 31.7 Å². The molecular weight excluding hydrogens is 239 g/mol. The van der Waals surface area contributed by atoms with Crippen LogP contribution in [0.25, 0.3) is 0 Å². The van der Waals surface area contributed by atoms with E-state index in [0.29, 0.717) is 11.1 Å². The Morgan fingerprint density at radius 1 is 1.16 bits per heavy atom. The summed E-state index contributed by atoms with van der Waals surface area (Å²) in [6, 6.07) is 4.85. The van der Waals surface area contributed by atoms with Crippen molar-refractivity contribution >= 4 is 5.69 Å². The Balaban J connectivity index is 1.95.